The van der Waals surface area contributed by atoms with Crippen LogP contribution in [0.15, 0.2) is 0 Å². The summed E-state index contributed by atoms with van der Waals surface area (Å²) in [4.78, 5) is 5.26. The minimum atomic E-state index is 0. The van der Waals surface area contributed by atoms with Crippen molar-refractivity contribution in [3.05, 3.63) is 0 Å². The minimum absolute atomic E-state index is 0. The van der Waals surface area contributed by atoms with Crippen LogP contribution in [0, 0.1) is 0 Å². The van der Waals surface area contributed by atoms with Crippen molar-refractivity contribution in [2.75, 3.05) is 13.1 Å². The molecule has 153 valence electrons. The summed E-state index contributed by atoms with van der Waals surface area (Å²) >= 11 is 0. The molecule has 0 saturated heterocycles. The van der Waals surface area contributed by atoms with Crippen molar-refractivity contribution in [2.24, 2.45) is 0 Å². The number of halogens is 2. The molecule has 0 unspecified atom stereocenters. The third-order valence-corrected chi connectivity index (χ3v) is 4.00. The summed E-state index contributed by atoms with van der Waals surface area (Å²) in [5.74, 6) is 0. The van der Waals surface area contributed by atoms with Crippen LogP contribution in [0.4, 0.5) is 0 Å². The van der Waals surface area contributed by atoms with E-state index in [0.717, 1.165) is 13.1 Å². The van der Waals surface area contributed by atoms with Crippen LogP contribution in [0.3, 0.4) is 0 Å². The van der Waals surface area contributed by atoms with E-state index in [2.05, 4.69) is 92.9 Å². The van der Waals surface area contributed by atoms with Crippen molar-refractivity contribution in [3.8, 4) is 0 Å². The fraction of sp³-hybridized carbons (Fsp3) is 1.00. The standard InChI is InChI=1S/C19H42N2.2BrH.Cu/c1-16(2,3)20(17(4,5)6)14-13-15-21(18(7,8)9)19(10,11)12;;;/h13-15H2,1-12H3;2*1H;/q;;;+2/p-2. The minimum Gasteiger partial charge on any atom is -1.00 e. The second-order valence-electron chi connectivity index (χ2n) is 10.3. The third kappa shape index (κ3) is 11.9. The van der Waals surface area contributed by atoms with Gasteiger partial charge in [0.1, 0.15) is 0 Å². The van der Waals surface area contributed by atoms with E-state index >= 15 is 0 Å². The molecule has 0 rings (SSSR count). The van der Waals surface area contributed by atoms with Crippen LogP contribution in [0.25, 0.3) is 0 Å². The largest absolute Gasteiger partial charge is 2.00 e. The van der Waals surface area contributed by atoms with Gasteiger partial charge in [-0.2, -0.15) is 0 Å². The predicted molar refractivity (Wildman–Crippen MR) is 97.0 cm³/mol. The maximum Gasteiger partial charge on any atom is 2.00 e. The van der Waals surface area contributed by atoms with E-state index < -0.39 is 0 Å². The molecule has 0 spiro atoms. The summed E-state index contributed by atoms with van der Waals surface area (Å²) < 4.78 is 0. The van der Waals surface area contributed by atoms with Gasteiger partial charge in [-0.3, -0.25) is 9.80 Å². The third-order valence-electron chi connectivity index (χ3n) is 4.00. The molecule has 0 aromatic carbocycles. The van der Waals surface area contributed by atoms with Crippen LogP contribution in [0.2, 0.25) is 0 Å². The van der Waals surface area contributed by atoms with Crippen LogP contribution in [-0.2, 0) is 17.1 Å². The second kappa shape index (κ2) is 11.3. The average Bonchev–Trinajstić information content (AvgIpc) is 2.07. The molecule has 0 heterocycles. The predicted octanol–water partition coefficient (Wildman–Crippen LogP) is -0.820. The van der Waals surface area contributed by atoms with Crippen LogP contribution in [0.1, 0.15) is 89.5 Å². The van der Waals surface area contributed by atoms with Crippen molar-refractivity contribution in [1.82, 2.24) is 9.80 Å². The van der Waals surface area contributed by atoms with Gasteiger partial charge in [-0.05, 0) is 89.5 Å². The summed E-state index contributed by atoms with van der Waals surface area (Å²) in [5.41, 5.74) is 0.859. The molecule has 0 amide bonds. The maximum atomic E-state index is 2.63. The van der Waals surface area contributed by atoms with Crippen LogP contribution in [-0.4, -0.2) is 45.0 Å². The van der Waals surface area contributed by atoms with Crippen molar-refractivity contribution < 1.29 is 51.0 Å². The Hall–Kier alpha value is 1.40. The molecule has 0 aromatic rings. The molecule has 0 fully saturated rings. The molecular weight excluding hydrogens is 480 g/mol. The van der Waals surface area contributed by atoms with E-state index in [4.69, 9.17) is 0 Å². The molecular formula is C19H42Br2CuN2. The van der Waals surface area contributed by atoms with Gasteiger partial charge in [0, 0.05) is 35.2 Å². The Labute approximate surface area is 184 Å². The van der Waals surface area contributed by atoms with Gasteiger partial charge in [0.15, 0.2) is 0 Å². The van der Waals surface area contributed by atoms with E-state index in [1.807, 2.05) is 0 Å². The molecule has 24 heavy (non-hydrogen) atoms. The Bertz CT molecular complexity index is 260. The molecule has 0 saturated carbocycles. The van der Waals surface area contributed by atoms with E-state index in [9.17, 15) is 0 Å². The monoisotopic (exact) mass is 519 g/mol. The van der Waals surface area contributed by atoms with Crippen molar-refractivity contribution in [1.29, 1.82) is 0 Å². The maximum absolute atomic E-state index is 2.63. The van der Waals surface area contributed by atoms with Gasteiger partial charge < -0.3 is 34.0 Å². The first-order valence-corrected chi connectivity index (χ1v) is 8.53. The quantitative estimate of drug-likeness (QED) is 0.446. The van der Waals surface area contributed by atoms with E-state index in [1.165, 1.54) is 6.42 Å². The average molecular weight is 522 g/mol. The first-order chi connectivity index (χ1) is 8.97. The summed E-state index contributed by atoms with van der Waals surface area (Å²) in [6.07, 6.45) is 1.21. The second-order valence-corrected chi connectivity index (χ2v) is 10.3. The first kappa shape index (κ1) is 33.0. The van der Waals surface area contributed by atoms with Gasteiger partial charge in [0.25, 0.3) is 0 Å². The number of nitrogens with zero attached hydrogens (tertiary/aromatic N) is 2. The summed E-state index contributed by atoms with van der Waals surface area (Å²) in [6.45, 7) is 30.2. The molecule has 0 bridgehead atoms. The van der Waals surface area contributed by atoms with Gasteiger partial charge in [0.05, 0.1) is 0 Å². The normalized spacial score (nSPS) is 13.2. The van der Waals surface area contributed by atoms with Gasteiger partial charge in [-0.15, -0.1) is 0 Å². The Morgan fingerprint density at radius 2 is 0.625 bits per heavy atom. The summed E-state index contributed by atoms with van der Waals surface area (Å²) in [7, 11) is 0. The fourth-order valence-electron chi connectivity index (χ4n) is 3.74. The van der Waals surface area contributed by atoms with Gasteiger partial charge in [-0.1, -0.05) is 0 Å². The molecule has 0 aliphatic carbocycles. The van der Waals surface area contributed by atoms with Crippen molar-refractivity contribution in [2.45, 2.75) is 112 Å². The SMILES string of the molecule is CC(C)(C)N(CCCN(C(C)(C)C)C(C)(C)C)C(C)(C)C.[Br-].[Br-].[Cu+2]. The fourth-order valence-corrected chi connectivity index (χ4v) is 3.74. The number of hydrogen-bond acceptors (Lipinski definition) is 2. The molecule has 0 aromatic heterocycles. The van der Waals surface area contributed by atoms with Crippen LogP contribution < -0.4 is 34.0 Å². The summed E-state index contributed by atoms with van der Waals surface area (Å²) in [5, 5.41) is 0. The molecule has 0 aliphatic rings. The zero-order chi connectivity index (χ0) is 17.3. The Morgan fingerprint density at radius 1 is 0.458 bits per heavy atom. The van der Waals surface area contributed by atoms with Crippen molar-refractivity contribution >= 4 is 0 Å². The van der Waals surface area contributed by atoms with Crippen molar-refractivity contribution in [3.63, 3.8) is 0 Å². The molecule has 5 heteroatoms. The number of hydrogen-bond donors (Lipinski definition) is 0. The van der Waals surface area contributed by atoms with E-state index in [-0.39, 0.29) is 73.2 Å². The Kier molecular flexibility index (Phi) is 15.5. The van der Waals surface area contributed by atoms with E-state index in [1.54, 1.807) is 0 Å². The van der Waals surface area contributed by atoms with Crippen LogP contribution >= 0.6 is 0 Å². The zero-order valence-electron chi connectivity index (χ0n) is 18.1. The smallest absolute Gasteiger partial charge is 1.00 e. The van der Waals surface area contributed by atoms with Gasteiger partial charge >= 0.3 is 17.1 Å². The zero-order valence-corrected chi connectivity index (χ0v) is 22.2. The van der Waals surface area contributed by atoms with Gasteiger partial charge in [0.2, 0.25) is 0 Å². The molecule has 2 nitrogen and oxygen atoms in total. The van der Waals surface area contributed by atoms with E-state index in [0.29, 0.717) is 0 Å². The Morgan fingerprint density at radius 3 is 0.750 bits per heavy atom. The molecule has 0 atom stereocenters. The topological polar surface area (TPSA) is 6.48 Å². The number of rotatable bonds is 4. The molecule has 0 N–H and O–H groups in total. The molecule has 1 radical (unpaired) electrons. The van der Waals surface area contributed by atoms with Crippen LogP contribution in [0.5, 0.6) is 0 Å². The van der Waals surface area contributed by atoms with Gasteiger partial charge in [-0.25, -0.2) is 0 Å². The molecule has 0 aliphatic heterocycles. The summed E-state index contributed by atoms with van der Waals surface area (Å²) in [6, 6.07) is 0. The first-order valence-electron chi connectivity index (χ1n) is 8.53. The Balaban J connectivity index is -0.000000667.